The van der Waals surface area contributed by atoms with E-state index in [9.17, 15) is 23.2 Å². The molecule has 2 rings (SSSR count). The number of urea groups is 1. The number of imide groups is 1. The Morgan fingerprint density at radius 3 is 2.29 bits per heavy atom. The van der Waals surface area contributed by atoms with E-state index in [4.69, 9.17) is 4.74 Å². The van der Waals surface area contributed by atoms with Crippen LogP contribution in [0.3, 0.4) is 0 Å². The summed E-state index contributed by atoms with van der Waals surface area (Å²) >= 11 is 0. The van der Waals surface area contributed by atoms with Crippen molar-refractivity contribution in [2.24, 2.45) is 0 Å². The van der Waals surface area contributed by atoms with E-state index in [1.807, 2.05) is 0 Å². The second kappa shape index (κ2) is 10.0. The van der Waals surface area contributed by atoms with E-state index in [2.05, 4.69) is 15.4 Å². The minimum absolute atomic E-state index is 0.283. The van der Waals surface area contributed by atoms with Crippen LogP contribution in [0.15, 0.2) is 54.6 Å². The summed E-state index contributed by atoms with van der Waals surface area (Å²) in [6.45, 7) is -1.19. The first-order chi connectivity index (χ1) is 13.4. The molecule has 0 aliphatic rings. The first-order valence-corrected chi connectivity index (χ1v) is 8.30. The highest BCUT2D eigenvalue weighted by atomic mass is 19.3. The van der Waals surface area contributed by atoms with Crippen molar-refractivity contribution in [3.63, 3.8) is 0 Å². The maximum Gasteiger partial charge on any atom is 0.387 e. The third-order valence-corrected chi connectivity index (χ3v) is 3.46. The van der Waals surface area contributed by atoms with Crippen LogP contribution in [-0.4, -0.2) is 31.1 Å². The van der Waals surface area contributed by atoms with Crippen molar-refractivity contribution in [2.45, 2.75) is 19.6 Å². The van der Waals surface area contributed by atoms with Crippen molar-refractivity contribution in [3.8, 4) is 5.75 Å². The Labute approximate surface area is 159 Å². The van der Waals surface area contributed by atoms with Crippen LogP contribution in [0.5, 0.6) is 5.75 Å². The van der Waals surface area contributed by atoms with Crippen molar-refractivity contribution in [1.29, 1.82) is 0 Å². The van der Waals surface area contributed by atoms with E-state index in [0.29, 0.717) is 5.56 Å². The molecule has 2 N–H and O–H groups in total. The Kier molecular flexibility index (Phi) is 7.44. The minimum atomic E-state index is -3.14. The van der Waals surface area contributed by atoms with E-state index in [1.54, 1.807) is 25.1 Å². The zero-order valence-electron chi connectivity index (χ0n) is 14.9. The Bertz CT molecular complexity index is 830. The van der Waals surface area contributed by atoms with Crippen LogP contribution in [0, 0.1) is 0 Å². The van der Waals surface area contributed by atoms with Crippen molar-refractivity contribution < 1.29 is 32.6 Å². The second-order valence-electron chi connectivity index (χ2n) is 5.42. The number of halogens is 2. The average Bonchev–Trinajstić information content (AvgIpc) is 2.66. The fourth-order valence-electron chi connectivity index (χ4n) is 2.29. The van der Waals surface area contributed by atoms with Crippen LogP contribution in [-0.2, 0) is 9.53 Å². The molecule has 7 nitrogen and oxygen atoms in total. The predicted molar refractivity (Wildman–Crippen MR) is 94.9 cm³/mol. The molecule has 0 spiro atoms. The average molecular weight is 392 g/mol. The van der Waals surface area contributed by atoms with Gasteiger partial charge in [-0.3, -0.25) is 10.1 Å². The first-order valence-electron chi connectivity index (χ1n) is 8.30. The van der Waals surface area contributed by atoms with Gasteiger partial charge in [-0.1, -0.05) is 42.5 Å². The number of ether oxygens (including phenoxy) is 2. The number of carbonyl (C=O) groups excluding carboxylic acids is 3. The Morgan fingerprint density at radius 2 is 1.64 bits per heavy atom. The lowest BCUT2D eigenvalue weighted by atomic mass is 10.1. The summed E-state index contributed by atoms with van der Waals surface area (Å²) in [6.07, 6.45) is -1.48. The maximum absolute atomic E-state index is 12.6. The van der Waals surface area contributed by atoms with Gasteiger partial charge in [0.25, 0.3) is 5.91 Å². The van der Waals surface area contributed by atoms with E-state index < -0.39 is 36.4 Å². The summed E-state index contributed by atoms with van der Waals surface area (Å²) in [5, 5.41) is 4.45. The van der Waals surface area contributed by atoms with E-state index >= 15 is 0 Å². The largest absolute Gasteiger partial charge is 0.444 e. The molecule has 2 aromatic rings. The molecular weight excluding hydrogens is 374 g/mol. The van der Waals surface area contributed by atoms with Gasteiger partial charge in [-0.2, -0.15) is 8.78 Å². The number of para-hydroxylation sites is 1. The molecule has 148 valence electrons. The van der Waals surface area contributed by atoms with Gasteiger partial charge in [-0.25, -0.2) is 9.59 Å². The summed E-state index contributed by atoms with van der Waals surface area (Å²) in [4.78, 5) is 36.6. The first kappa shape index (κ1) is 20.8. The fraction of sp³-hybridized carbons (Fsp3) is 0.211. The maximum atomic E-state index is 12.6. The van der Waals surface area contributed by atoms with E-state index in [1.165, 1.54) is 36.4 Å². The molecule has 0 saturated carbocycles. The summed E-state index contributed by atoms with van der Waals surface area (Å²) in [5.41, 5.74) is 0.0134. The molecule has 28 heavy (non-hydrogen) atoms. The van der Waals surface area contributed by atoms with Crippen LogP contribution in [0.2, 0.25) is 0 Å². The molecule has 0 bridgehead atoms. The monoisotopic (exact) mass is 392 g/mol. The van der Waals surface area contributed by atoms with Gasteiger partial charge in [-0.05, 0) is 19.1 Å². The van der Waals surface area contributed by atoms with Gasteiger partial charge in [0.1, 0.15) is 11.3 Å². The van der Waals surface area contributed by atoms with Crippen LogP contribution < -0.4 is 15.4 Å². The molecule has 0 aromatic heterocycles. The Balaban J connectivity index is 2.27. The topological polar surface area (TPSA) is 93.7 Å². The van der Waals surface area contributed by atoms with Gasteiger partial charge >= 0.3 is 18.6 Å². The molecule has 2 aromatic carbocycles. The molecule has 0 aliphatic heterocycles. The molecule has 3 amide bonds. The Hall–Kier alpha value is -3.49. The SMILES string of the molecule is CCNC(=O)NC(=O)[C@H](OC(=O)c1ccccc1OC(F)F)c1ccccc1. The zero-order valence-corrected chi connectivity index (χ0v) is 14.9. The van der Waals surface area contributed by atoms with Crippen molar-refractivity contribution in [1.82, 2.24) is 10.6 Å². The molecule has 0 fully saturated rings. The number of hydrogen-bond acceptors (Lipinski definition) is 5. The van der Waals surface area contributed by atoms with Gasteiger partial charge in [0, 0.05) is 12.1 Å². The molecule has 9 heteroatoms. The zero-order chi connectivity index (χ0) is 20.5. The highest BCUT2D eigenvalue weighted by Gasteiger charge is 2.28. The quantitative estimate of drug-likeness (QED) is 0.707. The van der Waals surface area contributed by atoms with Gasteiger partial charge in [0.05, 0.1) is 0 Å². The van der Waals surface area contributed by atoms with Crippen molar-refractivity contribution >= 4 is 17.9 Å². The minimum Gasteiger partial charge on any atom is -0.444 e. The normalized spacial score (nSPS) is 11.4. The number of carbonyl (C=O) groups is 3. The lowest BCUT2D eigenvalue weighted by Gasteiger charge is -2.18. The van der Waals surface area contributed by atoms with Crippen LogP contribution in [0.4, 0.5) is 13.6 Å². The van der Waals surface area contributed by atoms with Gasteiger partial charge in [-0.15, -0.1) is 0 Å². The third-order valence-electron chi connectivity index (χ3n) is 3.46. The number of esters is 1. The summed E-state index contributed by atoms with van der Waals surface area (Å²) in [7, 11) is 0. The highest BCUT2D eigenvalue weighted by molar-refractivity contribution is 5.99. The summed E-state index contributed by atoms with van der Waals surface area (Å²) in [6, 6.07) is 12.5. The summed E-state index contributed by atoms with van der Waals surface area (Å²) in [5.74, 6) is -2.34. The van der Waals surface area contributed by atoms with E-state index in [0.717, 1.165) is 0 Å². The van der Waals surface area contributed by atoms with Crippen molar-refractivity contribution in [2.75, 3.05) is 6.54 Å². The molecule has 0 radical (unpaired) electrons. The smallest absolute Gasteiger partial charge is 0.387 e. The van der Waals surface area contributed by atoms with Gasteiger partial charge in [0.2, 0.25) is 6.10 Å². The third kappa shape index (κ3) is 5.76. The van der Waals surface area contributed by atoms with Crippen LogP contribution >= 0.6 is 0 Å². The van der Waals surface area contributed by atoms with Crippen LogP contribution in [0.25, 0.3) is 0 Å². The number of nitrogens with one attached hydrogen (secondary N) is 2. The van der Waals surface area contributed by atoms with E-state index in [-0.39, 0.29) is 12.1 Å². The fourth-order valence-corrected chi connectivity index (χ4v) is 2.29. The number of hydrogen-bond donors (Lipinski definition) is 2. The summed E-state index contributed by atoms with van der Waals surface area (Å²) < 4.78 is 34.6. The number of alkyl halides is 2. The molecule has 1 atom stereocenters. The lowest BCUT2D eigenvalue weighted by Crippen LogP contribution is -2.42. The predicted octanol–water partition coefficient (Wildman–Crippen LogP) is 3.03. The number of amides is 3. The van der Waals surface area contributed by atoms with Crippen molar-refractivity contribution in [3.05, 3.63) is 65.7 Å². The molecule has 0 aliphatic carbocycles. The standard InChI is InChI=1S/C19H18F2N2O5/c1-2-22-19(26)23-16(24)15(12-8-4-3-5-9-12)28-17(25)13-10-6-7-11-14(13)27-18(20)21/h3-11,15,18H,2H2,1H3,(H2,22,23,24,26)/t15-/m1/s1. The van der Waals surface area contributed by atoms with Gasteiger partial charge in [0.15, 0.2) is 0 Å². The van der Waals surface area contributed by atoms with Crippen LogP contribution in [0.1, 0.15) is 28.9 Å². The number of rotatable bonds is 7. The van der Waals surface area contributed by atoms with Gasteiger partial charge < -0.3 is 14.8 Å². The molecule has 0 saturated heterocycles. The lowest BCUT2D eigenvalue weighted by molar-refractivity contribution is -0.129. The molecule has 0 unspecified atom stereocenters. The second-order valence-corrected chi connectivity index (χ2v) is 5.42. The molecular formula is C19H18F2N2O5. The number of benzene rings is 2. The molecule has 0 heterocycles. The highest BCUT2D eigenvalue weighted by Crippen LogP contribution is 2.25. The Morgan fingerprint density at radius 1 is 1.00 bits per heavy atom.